The molecule has 190 valence electrons. The molecule has 0 spiro atoms. The van der Waals surface area contributed by atoms with Crippen LogP contribution in [0.2, 0.25) is 15.1 Å². The van der Waals surface area contributed by atoms with Crippen LogP contribution in [0, 0.1) is 6.92 Å². The number of carbonyl (C=O) groups excluding carboxylic acids is 1. The number of likely N-dealkylation sites (tertiary alicyclic amines) is 1. The van der Waals surface area contributed by atoms with Crippen molar-refractivity contribution in [1.29, 1.82) is 0 Å². The molecule has 1 N–H and O–H groups in total. The van der Waals surface area contributed by atoms with Crippen molar-refractivity contribution in [3.05, 3.63) is 62.6 Å². The van der Waals surface area contributed by atoms with E-state index in [9.17, 15) is 13.2 Å². The van der Waals surface area contributed by atoms with Gasteiger partial charge in [0.15, 0.2) is 0 Å². The molecule has 0 bridgehead atoms. The van der Waals surface area contributed by atoms with Crippen molar-refractivity contribution in [2.24, 2.45) is 0 Å². The molecule has 0 radical (unpaired) electrons. The van der Waals surface area contributed by atoms with Crippen LogP contribution in [0.5, 0.6) is 5.75 Å². The van der Waals surface area contributed by atoms with Gasteiger partial charge >= 0.3 is 10.2 Å². The van der Waals surface area contributed by atoms with Gasteiger partial charge in [0.2, 0.25) is 0 Å². The molecule has 0 aliphatic carbocycles. The third kappa shape index (κ3) is 6.24. The van der Waals surface area contributed by atoms with Crippen molar-refractivity contribution in [3.63, 3.8) is 0 Å². The van der Waals surface area contributed by atoms with Crippen molar-refractivity contribution in [3.8, 4) is 5.75 Å². The van der Waals surface area contributed by atoms with Gasteiger partial charge < -0.3 is 9.64 Å². The second-order valence-corrected chi connectivity index (χ2v) is 11.7. The maximum Gasteiger partial charge on any atom is 0.304 e. The zero-order chi connectivity index (χ0) is 25.2. The van der Waals surface area contributed by atoms with Crippen LogP contribution in [0.25, 0.3) is 0 Å². The summed E-state index contributed by atoms with van der Waals surface area (Å²) in [4.78, 5) is 14.8. The van der Waals surface area contributed by atoms with Crippen LogP contribution < -0.4 is 9.46 Å². The fourth-order valence-electron chi connectivity index (χ4n) is 4.60. The predicted octanol–water partition coefficient (Wildman–Crippen LogP) is 4.94. The number of nitrogens with zero attached hydrogens (tertiary/aromatic N) is 2. The van der Waals surface area contributed by atoms with Crippen molar-refractivity contribution in [2.75, 3.05) is 26.2 Å². The Morgan fingerprint density at radius 3 is 2.26 bits per heavy atom. The van der Waals surface area contributed by atoms with Crippen molar-refractivity contribution >= 4 is 50.9 Å². The molecule has 1 amide bonds. The Balaban J connectivity index is 1.26. The smallest absolute Gasteiger partial charge is 0.304 e. The zero-order valence-electron chi connectivity index (χ0n) is 19.3. The Bertz CT molecular complexity index is 1180. The number of halogens is 3. The van der Waals surface area contributed by atoms with E-state index in [2.05, 4.69) is 9.62 Å². The van der Waals surface area contributed by atoms with E-state index in [-0.39, 0.29) is 16.7 Å². The summed E-state index contributed by atoms with van der Waals surface area (Å²) in [6.07, 6.45) is 3.21. The summed E-state index contributed by atoms with van der Waals surface area (Å²) in [5.74, 6) is -0.0693. The molecule has 2 aliphatic heterocycles. The fourth-order valence-corrected chi connectivity index (χ4v) is 6.40. The van der Waals surface area contributed by atoms with Gasteiger partial charge in [-0.25, -0.2) is 4.72 Å². The fraction of sp³-hybridized carbons (Fsp3) is 0.458. The lowest BCUT2D eigenvalue weighted by atomic mass is 10.00. The van der Waals surface area contributed by atoms with E-state index < -0.39 is 16.1 Å². The molecule has 2 fully saturated rings. The van der Waals surface area contributed by atoms with Gasteiger partial charge in [0.25, 0.3) is 5.91 Å². The lowest BCUT2D eigenvalue weighted by molar-refractivity contribution is 0.0584. The maximum atomic E-state index is 12.8. The van der Waals surface area contributed by atoms with E-state index in [0.29, 0.717) is 47.8 Å². The topological polar surface area (TPSA) is 79.0 Å². The number of hydrogen-bond donors (Lipinski definition) is 1. The van der Waals surface area contributed by atoms with Gasteiger partial charge in [0.1, 0.15) is 11.9 Å². The molecule has 2 heterocycles. The molecule has 35 heavy (non-hydrogen) atoms. The van der Waals surface area contributed by atoms with Crippen LogP contribution in [0.15, 0.2) is 36.4 Å². The summed E-state index contributed by atoms with van der Waals surface area (Å²) in [5.41, 5.74) is 0.945. The number of piperidine rings is 2. The Hall–Kier alpha value is -1.55. The number of hydrogen-bond acceptors (Lipinski definition) is 5. The Morgan fingerprint density at radius 1 is 0.943 bits per heavy atom. The molecule has 0 saturated carbocycles. The van der Waals surface area contributed by atoms with E-state index in [1.54, 1.807) is 24.3 Å². The van der Waals surface area contributed by atoms with Gasteiger partial charge in [-0.2, -0.15) is 12.7 Å². The molecule has 7 nitrogen and oxygen atoms in total. The van der Waals surface area contributed by atoms with Gasteiger partial charge in [0, 0.05) is 37.2 Å². The highest BCUT2D eigenvalue weighted by molar-refractivity contribution is 7.87. The maximum absolute atomic E-state index is 12.8. The van der Waals surface area contributed by atoms with Gasteiger partial charge in [-0.1, -0.05) is 46.9 Å². The van der Waals surface area contributed by atoms with Crippen molar-refractivity contribution in [1.82, 2.24) is 13.9 Å². The highest BCUT2D eigenvalue weighted by Gasteiger charge is 2.34. The molecule has 0 atom stereocenters. The summed E-state index contributed by atoms with van der Waals surface area (Å²) in [6.45, 7) is 4.32. The molecule has 0 unspecified atom stereocenters. The normalized spacial score (nSPS) is 19.0. The first-order chi connectivity index (χ1) is 16.7. The standard InChI is InChI=1S/C24H28Cl3N3O4S/c1-16-20(25)6-7-22(23(16)27)34-18-10-12-29(13-11-18)17-8-14-30(15-9-17)35(32,33)28-24(31)19-4-2-3-5-21(19)26/h2-7,17-18H,8-15H2,1H3,(H,28,31). The minimum Gasteiger partial charge on any atom is -0.489 e. The molecular formula is C24H28Cl3N3O4S. The molecular weight excluding hydrogens is 533 g/mol. The number of nitrogens with one attached hydrogen (secondary N) is 1. The van der Waals surface area contributed by atoms with Gasteiger partial charge in [0.05, 0.1) is 15.6 Å². The van der Waals surface area contributed by atoms with Crippen molar-refractivity contribution in [2.45, 2.75) is 44.8 Å². The predicted molar refractivity (Wildman–Crippen MR) is 139 cm³/mol. The Labute approximate surface area is 221 Å². The monoisotopic (exact) mass is 559 g/mol. The summed E-state index contributed by atoms with van der Waals surface area (Å²) < 4.78 is 35.1. The Morgan fingerprint density at radius 2 is 1.60 bits per heavy atom. The average Bonchev–Trinajstić information content (AvgIpc) is 2.85. The van der Waals surface area contributed by atoms with Crippen LogP contribution in [0.4, 0.5) is 0 Å². The number of rotatable bonds is 6. The lowest BCUT2D eigenvalue weighted by Crippen LogP contribution is -2.52. The largest absolute Gasteiger partial charge is 0.489 e. The minimum atomic E-state index is -3.94. The number of amides is 1. The highest BCUT2D eigenvalue weighted by Crippen LogP contribution is 2.34. The van der Waals surface area contributed by atoms with E-state index >= 15 is 0 Å². The number of benzene rings is 2. The number of carbonyl (C=O) groups is 1. The van der Waals surface area contributed by atoms with E-state index in [1.807, 2.05) is 13.0 Å². The van der Waals surface area contributed by atoms with Crippen LogP contribution in [-0.4, -0.2) is 61.9 Å². The molecule has 2 aromatic rings. The summed E-state index contributed by atoms with van der Waals surface area (Å²) in [5, 5.41) is 1.38. The second-order valence-electron chi connectivity index (χ2n) is 8.88. The quantitative estimate of drug-likeness (QED) is 0.542. The third-order valence-electron chi connectivity index (χ3n) is 6.67. The van der Waals surface area contributed by atoms with E-state index in [1.165, 1.54) is 10.4 Å². The summed E-state index contributed by atoms with van der Waals surface area (Å²) in [7, 11) is -3.94. The first-order valence-corrected chi connectivity index (χ1v) is 14.1. The summed E-state index contributed by atoms with van der Waals surface area (Å²) >= 11 is 18.5. The van der Waals surface area contributed by atoms with Crippen LogP contribution >= 0.6 is 34.8 Å². The summed E-state index contributed by atoms with van der Waals surface area (Å²) in [6, 6.07) is 10.3. The Kier molecular flexibility index (Phi) is 8.51. The average molecular weight is 561 g/mol. The first kappa shape index (κ1) is 26.5. The van der Waals surface area contributed by atoms with Gasteiger partial charge in [-0.05, 0) is 62.4 Å². The SMILES string of the molecule is Cc1c(Cl)ccc(OC2CCN(C3CCN(S(=O)(=O)NC(=O)c4ccccc4Cl)CC3)CC2)c1Cl. The second kappa shape index (κ2) is 11.2. The van der Waals surface area contributed by atoms with Crippen LogP contribution in [-0.2, 0) is 10.2 Å². The third-order valence-corrected chi connectivity index (χ3v) is 9.37. The minimum absolute atomic E-state index is 0.0739. The van der Waals surface area contributed by atoms with Crippen LogP contribution in [0.3, 0.4) is 0 Å². The zero-order valence-corrected chi connectivity index (χ0v) is 22.4. The molecule has 2 saturated heterocycles. The molecule has 2 aliphatic rings. The lowest BCUT2D eigenvalue weighted by Gasteiger charge is -2.41. The molecule has 4 rings (SSSR count). The molecule has 0 aromatic heterocycles. The van der Waals surface area contributed by atoms with E-state index in [0.717, 1.165) is 31.5 Å². The molecule has 2 aromatic carbocycles. The molecule has 11 heteroatoms. The van der Waals surface area contributed by atoms with Gasteiger partial charge in [-0.15, -0.1) is 0 Å². The highest BCUT2D eigenvalue weighted by atomic mass is 35.5. The first-order valence-electron chi connectivity index (χ1n) is 11.6. The van der Waals surface area contributed by atoms with Crippen molar-refractivity contribution < 1.29 is 17.9 Å². The van der Waals surface area contributed by atoms with Crippen LogP contribution in [0.1, 0.15) is 41.6 Å². The van der Waals surface area contributed by atoms with E-state index in [4.69, 9.17) is 39.5 Å². The number of ether oxygens (including phenoxy) is 1. The van der Waals surface area contributed by atoms with Gasteiger partial charge in [-0.3, -0.25) is 4.79 Å².